The molecule has 144 valence electrons. The Morgan fingerprint density at radius 2 is 1.69 bits per heavy atom. The molecule has 0 saturated carbocycles. The summed E-state index contributed by atoms with van der Waals surface area (Å²) in [6.45, 7) is 0. The molecule has 0 unspecified atom stereocenters. The minimum absolute atomic E-state index is 0.312. The first-order valence-corrected chi connectivity index (χ1v) is 10.1. The van der Waals surface area contributed by atoms with E-state index in [0.717, 1.165) is 10.1 Å². The molecule has 2 N–H and O–H groups in total. The predicted octanol–water partition coefficient (Wildman–Crippen LogP) is 6.11. The molecule has 8 heteroatoms. The molecular formula is C21H13Cl2N3O2S. The van der Waals surface area contributed by atoms with Gasteiger partial charge in [-0.2, -0.15) is 0 Å². The van der Waals surface area contributed by atoms with Crippen LogP contribution in [0.5, 0.6) is 0 Å². The van der Waals surface area contributed by atoms with Gasteiger partial charge in [0.05, 0.1) is 16.3 Å². The standard InChI is InChI=1S/C21H13Cl2N3O2S/c22-12-8-9-14-16(11-12)29-19(18(14)23)21(28)25-15-6-2-1-5-13(15)20(27)26-17-7-3-4-10-24-17/h1-11H,(H,25,28)(H,24,26,27). The average Bonchev–Trinajstić information content (AvgIpc) is 3.05. The maximum absolute atomic E-state index is 12.9. The maximum Gasteiger partial charge on any atom is 0.267 e. The van der Waals surface area contributed by atoms with Gasteiger partial charge >= 0.3 is 0 Å². The van der Waals surface area contributed by atoms with Crippen molar-refractivity contribution in [2.45, 2.75) is 0 Å². The molecule has 0 aliphatic heterocycles. The Balaban J connectivity index is 1.61. The van der Waals surface area contributed by atoms with Crippen molar-refractivity contribution in [2.75, 3.05) is 10.6 Å². The van der Waals surface area contributed by atoms with Gasteiger partial charge in [0.1, 0.15) is 10.7 Å². The van der Waals surface area contributed by atoms with Crippen molar-refractivity contribution >= 4 is 67.9 Å². The topological polar surface area (TPSA) is 71.1 Å². The number of hydrogen-bond acceptors (Lipinski definition) is 4. The highest BCUT2D eigenvalue weighted by molar-refractivity contribution is 7.21. The summed E-state index contributed by atoms with van der Waals surface area (Å²) in [7, 11) is 0. The SMILES string of the molecule is O=C(Nc1ccccn1)c1ccccc1NC(=O)c1sc2cc(Cl)ccc2c1Cl. The molecule has 29 heavy (non-hydrogen) atoms. The Morgan fingerprint density at radius 3 is 2.48 bits per heavy atom. The second kappa shape index (κ2) is 8.21. The van der Waals surface area contributed by atoms with E-state index in [9.17, 15) is 9.59 Å². The molecule has 0 spiro atoms. The van der Waals surface area contributed by atoms with Gasteiger partial charge in [0, 0.05) is 21.3 Å². The van der Waals surface area contributed by atoms with Gasteiger partial charge in [-0.3, -0.25) is 9.59 Å². The molecule has 4 aromatic rings. The Labute approximate surface area is 180 Å². The lowest BCUT2D eigenvalue weighted by atomic mass is 10.1. The van der Waals surface area contributed by atoms with Crippen LogP contribution in [0.4, 0.5) is 11.5 Å². The maximum atomic E-state index is 12.9. The zero-order valence-electron chi connectivity index (χ0n) is 14.8. The fourth-order valence-corrected chi connectivity index (χ4v) is 4.46. The summed E-state index contributed by atoms with van der Waals surface area (Å²) in [4.78, 5) is 29.9. The minimum atomic E-state index is -0.398. The van der Waals surface area contributed by atoms with Crippen LogP contribution < -0.4 is 10.6 Å². The van der Waals surface area contributed by atoms with Crippen LogP contribution >= 0.6 is 34.5 Å². The molecule has 4 rings (SSSR count). The number of anilines is 2. The van der Waals surface area contributed by atoms with E-state index in [1.54, 1.807) is 66.9 Å². The number of fused-ring (bicyclic) bond motifs is 1. The molecule has 0 aliphatic rings. The molecule has 5 nitrogen and oxygen atoms in total. The van der Waals surface area contributed by atoms with Gasteiger partial charge in [-0.1, -0.05) is 47.5 Å². The van der Waals surface area contributed by atoms with E-state index in [0.29, 0.717) is 32.0 Å². The number of rotatable bonds is 4. The summed E-state index contributed by atoms with van der Waals surface area (Å²) in [6.07, 6.45) is 1.58. The second-order valence-electron chi connectivity index (χ2n) is 6.05. The Bertz CT molecular complexity index is 1230. The molecule has 0 aliphatic carbocycles. The molecule has 2 aromatic carbocycles. The number of halogens is 2. The summed E-state index contributed by atoms with van der Waals surface area (Å²) in [5, 5.41) is 7.18. The number of nitrogens with one attached hydrogen (secondary N) is 2. The van der Waals surface area contributed by atoms with Gasteiger partial charge < -0.3 is 10.6 Å². The van der Waals surface area contributed by atoms with Crippen LogP contribution in [0.2, 0.25) is 10.0 Å². The summed E-state index contributed by atoms with van der Waals surface area (Å²) < 4.78 is 0.814. The Morgan fingerprint density at radius 1 is 0.897 bits per heavy atom. The van der Waals surface area contributed by atoms with Crippen LogP contribution in [0, 0.1) is 0 Å². The Hall–Kier alpha value is -2.93. The third kappa shape index (κ3) is 4.10. The van der Waals surface area contributed by atoms with E-state index in [1.807, 2.05) is 0 Å². The molecule has 0 saturated heterocycles. The number of hydrogen-bond donors (Lipinski definition) is 2. The van der Waals surface area contributed by atoms with E-state index >= 15 is 0 Å². The fourth-order valence-electron chi connectivity index (χ4n) is 2.77. The van der Waals surface area contributed by atoms with Crippen LogP contribution in [0.15, 0.2) is 66.9 Å². The molecule has 0 radical (unpaired) electrons. The van der Waals surface area contributed by atoms with Gasteiger partial charge in [0.15, 0.2) is 0 Å². The van der Waals surface area contributed by atoms with Gasteiger partial charge in [-0.05, 0) is 36.4 Å². The summed E-state index contributed by atoms with van der Waals surface area (Å²) in [5.41, 5.74) is 0.685. The smallest absolute Gasteiger partial charge is 0.267 e. The molecule has 2 amide bonds. The zero-order chi connectivity index (χ0) is 20.4. The van der Waals surface area contributed by atoms with Gasteiger partial charge in [-0.25, -0.2) is 4.98 Å². The quantitative estimate of drug-likeness (QED) is 0.401. The third-order valence-electron chi connectivity index (χ3n) is 4.12. The molecule has 0 fully saturated rings. The highest BCUT2D eigenvalue weighted by Crippen LogP contribution is 2.37. The molecule has 0 atom stereocenters. The van der Waals surface area contributed by atoms with Crippen molar-refractivity contribution in [1.29, 1.82) is 0 Å². The van der Waals surface area contributed by atoms with Gasteiger partial charge in [-0.15, -0.1) is 11.3 Å². The number of aromatic nitrogens is 1. The van der Waals surface area contributed by atoms with Crippen molar-refractivity contribution in [1.82, 2.24) is 4.98 Å². The Kier molecular flexibility index (Phi) is 5.49. The number of pyridine rings is 1. The highest BCUT2D eigenvalue weighted by Gasteiger charge is 2.20. The first-order chi connectivity index (χ1) is 14.0. The zero-order valence-corrected chi connectivity index (χ0v) is 17.1. The first-order valence-electron chi connectivity index (χ1n) is 8.53. The minimum Gasteiger partial charge on any atom is -0.320 e. The largest absolute Gasteiger partial charge is 0.320 e. The molecule has 2 heterocycles. The van der Waals surface area contributed by atoms with E-state index in [4.69, 9.17) is 23.2 Å². The van der Waals surface area contributed by atoms with Crippen LogP contribution in [0.1, 0.15) is 20.0 Å². The van der Waals surface area contributed by atoms with Crippen molar-refractivity contribution in [2.24, 2.45) is 0 Å². The number of thiophene rings is 1. The molecule has 0 bridgehead atoms. The van der Waals surface area contributed by atoms with Crippen molar-refractivity contribution in [3.8, 4) is 0 Å². The van der Waals surface area contributed by atoms with Crippen molar-refractivity contribution in [3.05, 3.63) is 87.3 Å². The third-order valence-corrected chi connectivity index (χ3v) is 6.02. The number of carbonyl (C=O) groups is 2. The average molecular weight is 442 g/mol. The van der Waals surface area contributed by atoms with Crippen LogP contribution in [0.25, 0.3) is 10.1 Å². The number of benzene rings is 2. The van der Waals surface area contributed by atoms with Crippen LogP contribution in [-0.2, 0) is 0 Å². The number of para-hydroxylation sites is 1. The van der Waals surface area contributed by atoms with Crippen LogP contribution in [0.3, 0.4) is 0 Å². The number of amides is 2. The lowest BCUT2D eigenvalue weighted by molar-refractivity contribution is 0.102. The van der Waals surface area contributed by atoms with Gasteiger partial charge in [0.2, 0.25) is 0 Å². The van der Waals surface area contributed by atoms with E-state index in [-0.39, 0.29) is 5.91 Å². The van der Waals surface area contributed by atoms with E-state index in [1.165, 1.54) is 11.3 Å². The summed E-state index contributed by atoms with van der Waals surface area (Å²) >= 11 is 13.7. The fraction of sp³-hybridized carbons (Fsp3) is 0. The van der Waals surface area contributed by atoms with Crippen LogP contribution in [-0.4, -0.2) is 16.8 Å². The normalized spacial score (nSPS) is 10.7. The lowest BCUT2D eigenvalue weighted by Crippen LogP contribution is -2.18. The molecule has 2 aromatic heterocycles. The highest BCUT2D eigenvalue weighted by atomic mass is 35.5. The van der Waals surface area contributed by atoms with E-state index in [2.05, 4.69) is 15.6 Å². The van der Waals surface area contributed by atoms with Crippen molar-refractivity contribution in [3.63, 3.8) is 0 Å². The number of nitrogens with zero attached hydrogens (tertiary/aromatic N) is 1. The monoisotopic (exact) mass is 441 g/mol. The second-order valence-corrected chi connectivity index (χ2v) is 7.92. The number of carbonyl (C=O) groups excluding carboxylic acids is 2. The predicted molar refractivity (Wildman–Crippen MR) is 118 cm³/mol. The van der Waals surface area contributed by atoms with Gasteiger partial charge in [0.25, 0.3) is 11.8 Å². The van der Waals surface area contributed by atoms with Crippen molar-refractivity contribution < 1.29 is 9.59 Å². The lowest BCUT2D eigenvalue weighted by Gasteiger charge is -2.10. The molecular weight excluding hydrogens is 429 g/mol. The van der Waals surface area contributed by atoms with E-state index < -0.39 is 5.91 Å². The first kappa shape index (κ1) is 19.4. The summed E-state index contributed by atoms with van der Waals surface area (Å²) in [5.74, 6) is -0.359. The summed E-state index contributed by atoms with van der Waals surface area (Å²) in [6, 6.07) is 17.2.